The predicted octanol–water partition coefficient (Wildman–Crippen LogP) is 16.8. The second-order valence-corrected chi connectivity index (χ2v) is 18.1. The summed E-state index contributed by atoms with van der Waals surface area (Å²) in [5, 5.41) is 0. The molecule has 6 aliphatic rings. The standard InChI is InChI=1S/3C8H16.2C7H14O.C6H12O2.5CH4.2H2/c3*1-7-3-5-8(2)6-4-7;2*1-6-3-4-7(2)8-5-6;1-5-3-7-6(2)8-4-5;;;;;;;/h3*7-8H,3-6H2,1-2H3;2*6-7H,3-5H2,1-2H3;5-6H,3-4H2,1-2H3;5*1H4;2*1H. The van der Waals surface area contributed by atoms with Gasteiger partial charge in [-0.25, -0.2) is 0 Å². The average Bonchev–Trinajstić information content (AvgIpc) is 3.07. The second-order valence-electron chi connectivity index (χ2n) is 18.1. The highest BCUT2D eigenvalue weighted by Gasteiger charge is 2.16. The van der Waals surface area contributed by atoms with Crippen LogP contribution in [0.5, 0.6) is 0 Å². The monoisotopic (exact) mass is 765 g/mol. The van der Waals surface area contributed by atoms with Crippen LogP contribution in [0.4, 0.5) is 0 Å². The highest BCUT2D eigenvalue weighted by Crippen LogP contribution is 2.29. The third-order valence-electron chi connectivity index (χ3n) is 11.6. The van der Waals surface area contributed by atoms with Crippen LogP contribution >= 0.6 is 0 Å². The van der Waals surface area contributed by atoms with Gasteiger partial charge in [-0.05, 0) is 93.8 Å². The van der Waals surface area contributed by atoms with Gasteiger partial charge in [-0.2, -0.15) is 0 Å². The fourth-order valence-corrected chi connectivity index (χ4v) is 7.00. The van der Waals surface area contributed by atoms with E-state index >= 15 is 0 Å². The summed E-state index contributed by atoms with van der Waals surface area (Å²) in [6.45, 7) is 30.7. The Morgan fingerprint density at radius 1 is 0.245 bits per heavy atom. The van der Waals surface area contributed by atoms with Gasteiger partial charge < -0.3 is 18.9 Å². The lowest BCUT2D eigenvalue weighted by Gasteiger charge is -2.24. The Morgan fingerprint density at radius 3 is 0.585 bits per heavy atom. The maximum Gasteiger partial charge on any atom is 0.154 e. The molecule has 4 unspecified atom stereocenters. The summed E-state index contributed by atoms with van der Waals surface area (Å²) < 4.78 is 21.1. The van der Waals surface area contributed by atoms with Crippen LogP contribution in [0.3, 0.4) is 0 Å². The maximum atomic E-state index is 5.39. The molecule has 53 heavy (non-hydrogen) atoms. The van der Waals surface area contributed by atoms with Gasteiger partial charge in [0.05, 0.1) is 25.4 Å². The van der Waals surface area contributed by atoms with Crippen molar-refractivity contribution in [3.8, 4) is 0 Å². The van der Waals surface area contributed by atoms with Crippen molar-refractivity contribution in [3.63, 3.8) is 0 Å². The molecule has 3 heterocycles. The van der Waals surface area contributed by atoms with Gasteiger partial charge in [0.1, 0.15) is 0 Å². The first-order valence-electron chi connectivity index (χ1n) is 21.2. The average molecular weight is 765 g/mol. The third kappa shape index (κ3) is 36.0. The van der Waals surface area contributed by atoms with Gasteiger partial charge in [0.25, 0.3) is 0 Å². The first kappa shape index (κ1) is 62.0. The van der Waals surface area contributed by atoms with Crippen LogP contribution in [0.25, 0.3) is 0 Å². The van der Waals surface area contributed by atoms with Gasteiger partial charge in [-0.1, -0.05) is 176 Å². The molecule has 6 fully saturated rings. The molecule has 0 aromatic rings. The van der Waals surface area contributed by atoms with Crippen molar-refractivity contribution >= 4 is 0 Å². The summed E-state index contributed by atoms with van der Waals surface area (Å²) in [4.78, 5) is 0. The van der Waals surface area contributed by atoms with E-state index in [0.29, 0.717) is 18.1 Å². The van der Waals surface area contributed by atoms with Crippen molar-refractivity contribution in [2.24, 2.45) is 53.3 Å². The number of hydrogen-bond acceptors (Lipinski definition) is 4. The molecule has 3 saturated carbocycles. The topological polar surface area (TPSA) is 36.9 Å². The summed E-state index contributed by atoms with van der Waals surface area (Å²) in [5.74, 6) is 8.29. The molecule has 0 amide bonds. The van der Waals surface area contributed by atoms with Gasteiger partial charge in [-0.15, -0.1) is 0 Å². The van der Waals surface area contributed by atoms with Crippen molar-refractivity contribution < 1.29 is 21.8 Å². The molecule has 0 bridgehead atoms. The molecule has 0 N–H and O–H groups in total. The summed E-state index contributed by atoms with van der Waals surface area (Å²) in [7, 11) is 0. The van der Waals surface area contributed by atoms with Crippen LogP contribution in [0, 0.1) is 53.3 Å². The Hall–Kier alpha value is -0.160. The smallest absolute Gasteiger partial charge is 0.154 e. The van der Waals surface area contributed by atoms with E-state index in [4.69, 9.17) is 18.9 Å². The first-order valence-corrected chi connectivity index (χ1v) is 21.2. The number of ether oxygens (including phenoxy) is 4. The van der Waals surface area contributed by atoms with E-state index in [1.54, 1.807) is 0 Å². The molecule has 0 aromatic heterocycles. The minimum atomic E-state index is 0. The third-order valence-corrected chi connectivity index (χ3v) is 11.6. The van der Waals surface area contributed by atoms with Gasteiger partial charge >= 0.3 is 0 Å². The zero-order valence-corrected chi connectivity index (χ0v) is 34.7. The molecule has 3 aliphatic carbocycles. The molecule has 4 atom stereocenters. The van der Waals surface area contributed by atoms with Gasteiger partial charge in [0.15, 0.2) is 6.29 Å². The Labute approximate surface area is 342 Å². The Bertz CT molecular complexity index is 479. The quantitative estimate of drug-likeness (QED) is 0.246. The SMILES string of the molecule is C.C.C.C.C.CC1CCC(C)CC1.CC1CCC(C)CC1.CC1CCC(C)CC1.CC1CCC(C)OC1.CC1CCC(C)OC1.CC1COC(C)OC1.[HH].[HH]. The van der Waals surface area contributed by atoms with Crippen LogP contribution in [0.15, 0.2) is 0 Å². The van der Waals surface area contributed by atoms with Crippen molar-refractivity contribution in [1.29, 1.82) is 0 Å². The van der Waals surface area contributed by atoms with Crippen molar-refractivity contribution in [2.75, 3.05) is 26.4 Å². The van der Waals surface area contributed by atoms with Gasteiger partial charge in [0, 0.05) is 22.0 Å². The van der Waals surface area contributed by atoms with Gasteiger partial charge in [-0.3, -0.25) is 0 Å². The summed E-state index contributed by atoms with van der Waals surface area (Å²) in [6, 6.07) is 0. The van der Waals surface area contributed by atoms with Crippen LogP contribution in [0.2, 0.25) is 0 Å². The molecule has 332 valence electrons. The lowest BCUT2D eigenvalue weighted by Crippen LogP contribution is -2.27. The van der Waals surface area contributed by atoms with Crippen LogP contribution in [-0.2, 0) is 18.9 Å². The summed E-state index contributed by atoms with van der Waals surface area (Å²) in [6.07, 6.45) is 23.9. The molecule has 0 aromatic carbocycles. The fraction of sp³-hybridized carbons (Fsp3) is 1.00. The van der Waals surface area contributed by atoms with E-state index in [1.807, 2.05) is 6.92 Å². The lowest BCUT2D eigenvalue weighted by atomic mass is 9.84. The highest BCUT2D eigenvalue weighted by molar-refractivity contribution is 4.68. The zero-order valence-electron chi connectivity index (χ0n) is 34.7. The first-order chi connectivity index (χ1) is 22.7. The second kappa shape index (κ2) is 37.4. The van der Waals surface area contributed by atoms with Crippen LogP contribution in [-0.4, -0.2) is 44.9 Å². The van der Waals surface area contributed by atoms with E-state index < -0.39 is 0 Å². The minimum Gasteiger partial charge on any atom is -0.378 e. The van der Waals surface area contributed by atoms with Crippen molar-refractivity contribution in [1.82, 2.24) is 0 Å². The maximum absolute atomic E-state index is 5.39. The van der Waals surface area contributed by atoms with E-state index in [9.17, 15) is 0 Å². The molecule has 0 spiro atoms. The van der Waals surface area contributed by atoms with Crippen LogP contribution < -0.4 is 0 Å². The Kier molecular flexibility index (Phi) is 43.8. The molecular weight excluding hydrogens is 653 g/mol. The number of rotatable bonds is 0. The highest BCUT2D eigenvalue weighted by atomic mass is 16.7. The summed E-state index contributed by atoms with van der Waals surface area (Å²) in [5.41, 5.74) is 0. The Balaban J connectivity index is -0.0000000980. The number of hydrogen-bond donors (Lipinski definition) is 0. The van der Waals surface area contributed by atoms with Gasteiger partial charge in [0.2, 0.25) is 0 Å². The Morgan fingerprint density at radius 2 is 0.434 bits per heavy atom. The molecule has 6 rings (SSSR count). The minimum absolute atomic E-state index is 0. The molecule has 0 radical (unpaired) electrons. The van der Waals surface area contributed by atoms with E-state index in [0.717, 1.165) is 73.8 Å². The van der Waals surface area contributed by atoms with Crippen LogP contribution in [0.1, 0.15) is 226 Å². The van der Waals surface area contributed by atoms with Crippen molar-refractivity contribution in [2.45, 2.75) is 241 Å². The van der Waals surface area contributed by atoms with E-state index in [1.165, 1.54) is 103 Å². The largest absolute Gasteiger partial charge is 0.378 e. The van der Waals surface area contributed by atoms with E-state index in [-0.39, 0.29) is 46.3 Å². The molecule has 3 aliphatic heterocycles. The van der Waals surface area contributed by atoms with E-state index in [2.05, 4.69) is 76.2 Å². The lowest BCUT2D eigenvalue weighted by molar-refractivity contribution is -0.187. The molecule has 4 nitrogen and oxygen atoms in total. The van der Waals surface area contributed by atoms with Crippen molar-refractivity contribution in [3.05, 3.63) is 0 Å². The molecular formula is C49H112O4. The normalized spacial score (nSPS) is 36.0. The molecule has 3 saturated heterocycles. The molecule has 4 heteroatoms. The predicted molar refractivity (Wildman–Crippen MR) is 246 cm³/mol. The fourth-order valence-electron chi connectivity index (χ4n) is 7.00. The zero-order chi connectivity index (χ0) is 35.9. The summed E-state index contributed by atoms with van der Waals surface area (Å²) >= 11 is 0.